The Balaban J connectivity index is 1.58. The van der Waals surface area contributed by atoms with Gasteiger partial charge in [-0.2, -0.15) is 0 Å². The van der Waals surface area contributed by atoms with Crippen LogP contribution in [-0.4, -0.2) is 9.13 Å². The minimum Gasteiger partial charge on any atom is -0.330 e. The first kappa shape index (κ1) is 18.3. The standard InChI is InChI=1S/C31H22N2/c1-32-29(31-23-12-4-2-10-21(23)20-22-11-3-5-13-24(22)31)18-19-30(32)33-27-16-8-6-14-25(27)26-15-7-9-17-28(26)33/h2-20H,1H3. The minimum absolute atomic E-state index is 1.17. The summed E-state index contributed by atoms with van der Waals surface area (Å²) in [7, 11) is 2.19. The molecule has 5 aromatic carbocycles. The Bertz CT molecular complexity index is 1720. The maximum Gasteiger partial charge on any atom is 0.117 e. The van der Waals surface area contributed by atoms with Gasteiger partial charge in [-0.05, 0) is 51.9 Å². The average molecular weight is 423 g/mol. The first-order valence-electron chi connectivity index (χ1n) is 11.4. The van der Waals surface area contributed by atoms with Gasteiger partial charge >= 0.3 is 0 Å². The van der Waals surface area contributed by atoms with Gasteiger partial charge in [0.1, 0.15) is 5.82 Å². The van der Waals surface area contributed by atoms with Crippen LogP contribution < -0.4 is 0 Å². The lowest BCUT2D eigenvalue weighted by Crippen LogP contribution is -2.03. The predicted molar refractivity (Wildman–Crippen MR) is 140 cm³/mol. The number of hydrogen-bond donors (Lipinski definition) is 0. The van der Waals surface area contributed by atoms with Crippen molar-refractivity contribution >= 4 is 43.4 Å². The first-order valence-corrected chi connectivity index (χ1v) is 11.4. The minimum atomic E-state index is 1.17. The third kappa shape index (κ3) is 2.55. The molecular formula is C31H22N2. The Labute approximate surface area is 191 Å². The fourth-order valence-corrected chi connectivity index (χ4v) is 5.44. The van der Waals surface area contributed by atoms with E-state index in [4.69, 9.17) is 0 Å². The van der Waals surface area contributed by atoms with E-state index in [0.29, 0.717) is 0 Å². The van der Waals surface area contributed by atoms with Gasteiger partial charge in [0.15, 0.2) is 0 Å². The van der Waals surface area contributed by atoms with E-state index in [1.807, 2.05) is 0 Å². The third-order valence-corrected chi connectivity index (χ3v) is 6.93. The Morgan fingerprint density at radius 3 is 1.55 bits per heavy atom. The van der Waals surface area contributed by atoms with E-state index >= 15 is 0 Å². The van der Waals surface area contributed by atoms with Crippen LogP contribution in [0.1, 0.15) is 0 Å². The van der Waals surface area contributed by atoms with Crippen LogP contribution in [0.3, 0.4) is 0 Å². The molecule has 2 heterocycles. The highest BCUT2D eigenvalue weighted by Crippen LogP contribution is 2.39. The van der Waals surface area contributed by atoms with Crippen LogP contribution in [0.2, 0.25) is 0 Å². The quantitative estimate of drug-likeness (QED) is 0.249. The lowest BCUT2D eigenvalue weighted by atomic mass is 9.95. The van der Waals surface area contributed by atoms with E-state index < -0.39 is 0 Å². The molecule has 0 aliphatic rings. The molecule has 0 aliphatic carbocycles. The van der Waals surface area contributed by atoms with Crippen LogP contribution in [0.5, 0.6) is 0 Å². The topological polar surface area (TPSA) is 9.86 Å². The molecule has 0 atom stereocenters. The third-order valence-electron chi connectivity index (χ3n) is 6.93. The van der Waals surface area contributed by atoms with E-state index in [0.717, 1.165) is 0 Å². The number of nitrogens with zero attached hydrogens (tertiary/aromatic N) is 2. The SMILES string of the molecule is Cn1c(-c2c3ccccc3cc3ccccc23)ccc1-n1c2ccccc2c2ccccc21. The molecule has 2 aromatic heterocycles. The molecule has 0 N–H and O–H groups in total. The summed E-state index contributed by atoms with van der Waals surface area (Å²) in [6.07, 6.45) is 0. The van der Waals surface area contributed by atoms with Crippen molar-refractivity contribution in [3.05, 3.63) is 115 Å². The van der Waals surface area contributed by atoms with Crippen molar-refractivity contribution in [1.29, 1.82) is 0 Å². The molecular weight excluding hydrogens is 400 g/mol. The van der Waals surface area contributed by atoms with Crippen LogP contribution in [0.25, 0.3) is 60.4 Å². The smallest absolute Gasteiger partial charge is 0.117 e. The van der Waals surface area contributed by atoms with Gasteiger partial charge in [-0.25, -0.2) is 0 Å². The molecule has 0 aliphatic heterocycles. The molecule has 0 fully saturated rings. The normalized spacial score (nSPS) is 11.8. The molecule has 33 heavy (non-hydrogen) atoms. The fourth-order valence-electron chi connectivity index (χ4n) is 5.44. The second-order valence-electron chi connectivity index (χ2n) is 8.70. The molecule has 0 saturated heterocycles. The molecule has 2 heteroatoms. The fraction of sp³-hybridized carbons (Fsp3) is 0.0323. The Hall–Kier alpha value is -4.30. The second kappa shape index (κ2) is 6.85. The molecule has 0 spiro atoms. The van der Waals surface area contributed by atoms with Gasteiger partial charge in [-0.1, -0.05) is 84.9 Å². The number of rotatable bonds is 2. The molecule has 0 bridgehead atoms. The van der Waals surface area contributed by atoms with E-state index in [1.165, 1.54) is 60.4 Å². The highest BCUT2D eigenvalue weighted by molar-refractivity contribution is 6.13. The zero-order chi connectivity index (χ0) is 21.9. The maximum absolute atomic E-state index is 2.39. The number of benzene rings is 5. The Morgan fingerprint density at radius 1 is 0.485 bits per heavy atom. The van der Waals surface area contributed by atoms with E-state index in [1.54, 1.807) is 0 Å². The lowest BCUT2D eigenvalue weighted by molar-refractivity contribution is 0.879. The summed E-state index contributed by atoms with van der Waals surface area (Å²) in [6, 6.07) is 41.6. The maximum atomic E-state index is 2.39. The van der Waals surface area contributed by atoms with Gasteiger partial charge in [-0.15, -0.1) is 0 Å². The zero-order valence-electron chi connectivity index (χ0n) is 18.4. The molecule has 156 valence electrons. The summed E-state index contributed by atoms with van der Waals surface area (Å²) in [5.41, 5.74) is 4.97. The van der Waals surface area contributed by atoms with Crippen LogP contribution >= 0.6 is 0 Å². The van der Waals surface area contributed by atoms with Crippen molar-refractivity contribution in [2.45, 2.75) is 0 Å². The molecule has 0 saturated carbocycles. The highest BCUT2D eigenvalue weighted by Gasteiger charge is 2.18. The molecule has 7 rings (SSSR count). The summed E-state index contributed by atoms with van der Waals surface area (Å²) >= 11 is 0. The van der Waals surface area contributed by atoms with E-state index in [9.17, 15) is 0 Å². The molecule has 0 radical (unpaired) electrons. The zero-order valence-corrected chi connectivity index (χ0v) is 18.4. The monoisotopic (exact) mass is 422 g/mol. The van der Waals surface area contributed by atoms with Crippen molar-refractivity contribution in [3.8, 4) is 17.1 Å². The molecule has 0 amide bonds. The van der Waals surface area contributed by atoms with Crippen molar-refractivity contribution in [3.63, 3.8) is 0 Å². The van der Waals surface area contributed by atoms with Gasteiger partial charge in [0.2, 0.25) is 0 Å². The molecule has 2 nitrogen and oxygen atoms in total. The van der Waals surface area contributed by atoms with Gasteiger partial charge in [0.25, 0.3) is 0 Å². The van der Waals surface area contributed by atoms with E-state index in [-0.39, 0.29) is 0 Å². The Morgan fingerprint density at radius 2 is 0.970 bits per heavy atom. The largest absolute Gasteiger partial charge is 0.330 e. The Kier molecular flexibility index (Phi) is 3.80. The van der Waals surface area contributed by atoms with Crippen molar-refractivity contribution < 1.29 is 0 Å². The van der Waals surface area contributed by atoms with Gasteiger partial charge in [0, 0.05) is 23.4 Å². The summed E-state index contributed by atoms with van der Waals surface area (Å²) in [6.45, 7) is 0. The molecule has 7 aromatic rings. The van der Waals surface area contributed by atoms with Crippen molar-refractivity contribution in [2.75, 3.05) is 0 Å². The first-order chi connectivity index (χ1) is 16.3. The number of hydrogen-bond acceptors (Lipinski definition) is 0. The van der Waals surface area contributed by atoms with Gasteiger partial charge in [0.05, 0.1) is 16.7 Å². The highest BCUT2D eigenvalue weighted by atomic mass is 15.1. The average Bonchev–Trinajstić information content (AvgIpc) is 3.40. The summed E-state index contributed by atoms with van der Waals surface area (Å²) in [5, 5.41) is 7.67. The number of fused-ring (bicyclic) bond motifs is 5. The van der Waals surface area contributed by atoms with E-state index in [2.05, 4.69) is 131 Å². The number of aromatic nitrogens is 2. The lowest BCUT2D eigenvalue weighted by Gasteiger charge is -2.15. The molecule has 0 unspecified atom stereocenters. The second-order valence-corrected chi connectivity index (χ2v) is 8.70. The van der Waals surface area contributed by atoms with Crippen LogP contribution in [-0.2, 0) is 7.05 Å². The van der Waals surface area contributed by atoms with Crippen LogP contribution in [0, 0.1) is 0 Å². The van der Waals surface area contributed by atoms with Gasteiger partial charge in [-0.3, -0.25) is 4.57 Å². The predicted octanol–water partition coefficient (Wildman–Crippen LogP) is 8.10. The van der Waals surface area contributed by atoms with Crippen LogP contribution in [0.4, 0.5) is 0 Å². The van der Waals surface area contributed by atoms with Gasteiger partial charge < -0.3 is 4.57 Å². The summed E-state index contributed by atoms with van der Waals surface area (Å²) in [5.74, 6) is 1.17. The van der Waals surface area contributed by atoms with Crippen LogP contribution in [0.15, 0.2) is 115 Å². The van der Waals surface area contributed by atoms with Crippen molar-refractivity contribution in [2.24, 2.45) is 7.05 Å². The van der Waals surface area contributed by atoms with Crippen molar-refractivity contribution in [1.82, 2.24) is 9.13 Å². The summed E-state index contributed by atoms with van der Waals surface area (Å²) < 4.78 is 4.73. The summed E-state index contributed by atoms with van der Waals surface area (Å²) in [4.78, 5) is 0. The number of para-hydroxylation sites is 2.